The van der Waals surface area contributed by atoms with Gasteiger partial charge in [0, 0.05) is 21.4 Å². The van der Waals surface area contributed by atoms with Crippen LogP contribution < -0.4 is 0 Å². The molecule has 4 heteroatoms. The summed E-state index contributed by atoms with van der Waals surface area (Å²) in [5.41, 5.74) is 0.713. The first kappa shape index (κ1) is 19.7. The van der Waals surface area contributed by atoms with E-state index in [1.807, 2.05) is 6.07 Å². The Morgan fingerprint density at radius 3 is 2.36 bits per heavy atom. The number of hydrogen-bond acceptors (Lipinski definition) is 2. The lowest BCUT2D eigenvalue weighted by atomic mass is 9.81. The van der Waals surface area contributed by atoms with E-state index in [1.165, 1.54) is 12.4 Å². The van der Waals surface area contributed by atoms with Crippen molar-refractivity contribution < 1.29 is 9.18 Å². The number of rotatable bonds is 11. The summed E-state index contributed by atoms with van der Waals surface area (Å²) < 4.78 is 13.3. The second-order valence-electron chi connectivity index (χ2n) is 5.86. The number of benzene rings is 1. The molecule has 0 radical (unpaired) electrons. The topological polar surface area (TPSA) is 17.1 Å². The van der Waals surface area contributed by atoms with Crippen LogP contribution in [0.4, 0.5) is 4.39 Å². The molecule has 124 valence electrons. The normalized spacial score (nSPS) is 11.6. The Bertz CT molecular complexity index is 456. The van der Waals surface area contributed by atoms with Crippen molar-refractivity contribution >= 4 is 34.0 Å². The van der Waals surface area contributed by atoms with E-state index in [1.54, 1.807) is 17.8 Å². The SMILES string of the molecule is CCCCC(C=O)(CCCC)CSc1ccc(F)cc1CBr. The molecule has 0 aliphatic carbocycles. The van der Waals surface area contributed by atoms with Gasteiger partial charge in [0.15, 0.2) is 0 Å². The predicted octanol–water partition coefficient (Wildman–Crippen LogP) is 6.38. The summed E-state index contributed by atoms with van der Waals surface area (Å²) in [6.07, 6.45) is 7.44. The Kier molecular flexibility index (Phi) is 9.34. The fraction of sp³-hybridized carbons (Fsp3) is 0.611. The van der Waals surface area contributed by atoms with Crippen molar-refractivity contribution in [2.75, 3.05) is 5.75 Å². The maximum Gasteiger partial charge on any atom is 0.126 e. The predicted molar refractivity (Wildman–Crippen MR) is 97.3 cm³/mol. The first-order valence-electron chi connectivity index (χ1n) is 8.04. The van der Waals surface area contributed by atoms with Crippen molar-refractivity contribution in [2.24, 2.45) is 5.41 Å². The van der Waals surface area contributed by atoms with Crippen LogP contribution in [-0.2, 0) is 10.1 Å². The molecule has 0 amide bonds. The Hall–Kier alpha value is -0.350. The van der Waals surface area contributed by atoms with Crippen LogP contribution in [0.5, 0.6) is 0 Å². The number of aldehydes is 1. The van der Waals surface area contributed by atoms with E-state index >= 15 is 0 Å². The van der Waals surface area contributed by atoms with Crippen LogP contribution in [0.3, 0.4) is 0 Å². The van der Waals surface area contributed by atoms with Gasteiger partial charge in [-0.15, -0.1) is 11.8 Å². The summed E-state index contributed by atoms with van der Waals surface area (Å²) in [5.74, 6) is 0.569. The highest BCUT2D eigenvalue weighted by Crippen LogP contribution is 2.37. The zero-order valence-corrected chi connectivity index (χ0v) is 15.9. The van der Waals surface area contributed by atoms with Crippen molar-refractivity contribution in [2.45, 2.75) is 62.6 Å². The van der Waals surface area contributed by atoms with Gasteiger partial charge < -0.3 is 4.79 Å². The molecule has 0 saturated heterocycles. The van der Waals surface area contributed by atoms with Crippen molar-refractivity contribution in [1.29, 1.82) is 0 Å². The zero-order chi connectivity index (χ0) is 16.4. The number of thioether (sulfide) groups is 1. The Morgan fingerprint density at radius 2 is 1.86 bits per heavy atom. The van der Waals surface area contributed by atoms with Gasteiger partial charge in [-0.05, 0) is 36.6 Å². The fourth-order valence-corrected chi connectivity index (χ4v) is 4.42. The van der Waals surface area contributed by atoms with E-state index in [9.17, 15) is 9.18 Å². The quantitative estimate of drug-likeness (QED) is 0.248. The molecule has 0 bridgehead atoms. The average molecular weight is 389 g/mol. The van der Waals surface area contributed by atoms with E-state index in [4.69, 9.17) is 0 Å². The van der Waals surface area contributed by atoms with Crippen LogP contribution in [0, 0.1) is 11.2 Å². The van der Waals surface area contributed by atoms with E-state index in [2.05, 4.69) is 29.8 Å². The zero-order valence-electron chi connectivity index (χ0n) is 13.5. The first-order valence-corrected chi connectivity index (χ1v) is 10.1. The van der Waals surface area contributed by atoms with E-state index in [0.29, 0.717) is 5.33 Å². The molecule has 0 N–H and O–H groups in total. The summed E-state index contributed by atoms with van der Waals surface area (Å²) in [5, 5.41) is 0.630. The molecule has 0 spiro atoms. The molecule has 1 aromatic carbocycles. The lowest BCUT2D eigenvalue weighted by molar-refractivity contribution is -0.116. The largest absolute Gasteiger partial charge is 0.303 e. The number of carbonyl (C=O) groups is 1. The van der Waals surface area contributed by atoms with Crippen molar-refractivity contribution in [3.8, 4) is 0 Å². The molecule has 22 heavy (non-hydrogen) atoms. The minimum Gasteiger partial charge on any atom is -0.303 e. The monoisotopic (exact) mass is 388 g/mol. The van der Waals surface area contributed by atoms with Gasteiger partial charge >= 0.3 is 0 Å². The lowest BCUT2D eigenvalue weighted by Crippen LogP contribution is -2.26. The Morgan fingerprint density at radius 1 is 1.23 bits per heavy atom. The maximum atomic E-state index is 13.3. The summed E-state index contributed by atoms with van der Waals surface area (Å²) in [7, 11) is 0. The van der Waals surface area contributed by atoms with Crippen molar-refractivity contribution in [3.05, 3.63) is 29.6 Å². The van der Waals surface area contributed by atoms with E-state index in [0.717, 1.165) is 54.7 Å². The molecule has 0 atom stereocenters. The van der Waals surface area contributed by atoms with Crippen LogP contribution in [0.1, 0.15) is 57.9 Å². The number of hydrogen-bond donors (Lipinski definition) is 0. The number of unbranched alkanes of at least 4 members (excludes halogenated alkanes) is 2. The third-order valence-electron chi connectivity index (χ3n) is 3.99. The van der Waals surface area contributed by atoms with Gasteiger partial charge in [-0.1, -0.05) is 55.5 Å². The second kappa shape index (κ2) is 10.4. The van der Waals surface area contributed by atoms with Gasteiger partial charge in [0.05, 0.1) is 0 Å². The molecule has 1 nitrogen and oxygen atoms in total. The molecule has 0 fully saturated rings. The first-order chi connectivity index (χ1) is 10.6. The summed E-state index contributed by atoms with van der Waals surface area (Å²) in [6.45, 7) is 4.32. The molecule has 0 heterocycles. The smallest absolute Gasteiger partial charge is 0.126 e. The second-order valence-corrected chi connectivity index (χ2v) is 7.44. The Labute approximate surface area is 146 Å². The molecule has 0 saturated carbocycles. The molecule has 0 aliphatic heterocycles. The minimum atomic E-state index is -0.241. The standard InChI is InChI=1S/C18H26BrFOS/c1-3-5-9-18(13-21,10-6-4-2)14-22-17-8-7-16(20)11-15(17)12-19/h7-8,11,13H,3-6,9-10,12,14H2,1-2H3. The molecule has 1 aromatic rings. The number of carbonyl (C=O) groups excluding carboxylic acids is 1. The van der Waals surface area contributed by atoms with Gasteiger partial charge in [0.1, 0.15) is 12.1 Å². The van der Waals surface area contributed by atoms with Crippen molar-refractivity contribution in [1.82, 2.24) is 0 Å². The lowest BCUT2D eigenvalue weighted by Gasteiger charge is -2.28. The molecule has 0 aromatic heterocycles. The molecule has 1 rings (SSSR count). The number of alkyl halides is 1. The van der Waals surface area contributed by atoms with Gasteiger partial charge in [-0.2, -0.15) is 0 Å². The number of halogens is 2. The highest BCUT2D eigenvalue weighted by molar-refractivity contribution is 9.08. The van der Waals surface area contributed by atoms with E-state index in [-0.39, 0.29) is 11.2 Å². The van der Waals surface area contributed by atoms with Gasteiger partial charge in [0.25, 0.3) is 0 Å². The summed E-state index contributed by atoms with van der Waals surface area (Å²) in [4.78, 5) is 12.9. The minimum absolute atomic E-state index is 0.211. The van der Waals surface area contributed by atoms with Crippen LogP contribution in [0.25, 0.3) is 0 Å². The highest BCUT2D eigenvalue weighted by atomic mass is 79.9. The molecular formula is C18H26BrFOS. The summed E-state index contributed by atoms with van der Waals surface area (Å²) in [6, 6.07) is 4.89. The van der Waals surface area contributed by atoms with E-state index < -0.39 is 0 Å². The van der Waals surface area contributed by atoms with Crippen LogP contribution >= 0.6 is 27.7 Å². The van der Waals surface area contributed by atoms with Gasteiger partial charge in [-0.3, -0.25) is 0 Å². The fourth-order valence-electron chi connectivity index (χ4n) is 2.49. The third kappa shape index (κ3) is 6.04. The maximum absolute atomic E-state index is 13.3. The van der Waals surface area contributed by atoms with Crippen molar-refractivity contribution in [3.63, 3.8) is 0 Å². The van der Waals surface area contributed by atoms with Crippen LogP contribution in [0.15, 0.2) is 23.1 Å². The Balaban J connectivity index is 2.83. The van der Waals surface area contributed by atoms with Gasteiger partial charge in [0.2, 0.25) is 0 Å². The van der Waals surface area contributed by atoms with Gasteiger partial charge in [-0.25, -0.2) is 4.39 Å². The third-order valence-corrected chi connectivity index (χ3v) is 6.02. The average Bonchev–Trinajstić information content (AvgIpc) is 2.55. The summed E-state index contributed by atoms with van der Waals surface area (Å²) >= 11 is 5.10. The molecule has 0 unspecified atom stereocenters. The molecular weight excluding hydrogens is 363 g/mol. The van der Waals surface area contributed by atoms with Crippen LogP contribution in [-0.4, -0.2) is 12.0 Å². The molecule has 0 aliphatic rings. The van der Waals surface area contributed by atoms with Crippen LogP contribution in [0.2, 0.25) is 0 Å². The highest BCUT2D eigenvalue weighted by Gasteiger charge is 2.29.